The maximum absolute atomic E-state index is 13.5. The van der Waals surface area contributed by atoms with Crippen molar-refractivity contribution in [2.45, 2.75) is 122 Å². The summed E-state index contributed by atoms with van der Waals surface area (Å²) < 4.78 is 10.4. The van der Waals surface area contributed by atoms with Gasteiger partial charge in [0.2, 0.25) is 23.6 Å². The van der Waals surface area contributed by atoms with E-state index in [1.165, 1.54) is 11.8 Å². The molecule has 1 fully saturated rings. The molecule has 2 aromatic carbocycles. The second kappa shape index (κ2) is 22.8. The van der Waals surface area contributed by atoms with Gasteiger partial charge in [-0.1, -0.05) is 37.6 Å². The number of hydrogen-bond donors (Lipinski definition) is 8. The van der Waals surface area contributed by atoms with Gasteiger partial charge in [0.25, 0.3) is 5.91 Å². The van der Waals surface area contributed by atoms with Crippen molar-refractivity contribution in [3.05, 3.63) is 58.7 Å². The van der Waals surface area contributed by atoms with Gasteiger partial charge in [-0.05, 0) is 92.5 Å². The van der Waals surface area contributed by atoms with E-state index >= 15 is 0 Å². The molecule has 0 radical (unpaired) electrons. The van der Waals surface area contributed by atoms with Crippen molar-refractivity contribution in [3.8, 4) is 0 Å². The number of rotatable bonds is 23. The molecule has 8 N–H and O–H groups in total. The van der Waals surface area contributed by atoms with Gasteiger partial charge in [-0.15, -0.1) is 0 Å². The second-order valence-electron chi connectivity index (χ2n) is 16.1. The average Bonchev–Trinajstić information content (AvgIpc) is 4.00. The molecule has 5 amide bonds. The van der Waals surface area contributed by atoms with E-state index in [1.807, 2.05) is 6.92 Å². The lowest BCUT2D eigenvalue weighted by atomic mass is 9.78. The number of carboxylic acids is 1. The third-order valence-corrected chi connectivity index (χ3v) is 11.6. The lowest BCUT2D eigenvalue weighted by molar-refractivity contribution is -0.147. The Hall–Kier alpha value is -5.14. The molecule has 1 saturated heterocycles. The highest BCUT2D eigenvalue weighted by atomic mass is 16.5. The SMILES string of the molecule is CC[C@@H](CCCCNC(=O)[C@H](CCCCNC(=O)c1ccc2c(c1)B(O)OC2)NC(=O)CCC(=O)c1ccc2c(c1)B(O)OC2)C(=O)N1CCC[C@H]1C(=O)N[C@H](C(=O)O)[C@@H](C)O. The first-order chi connectivity index (χ1) is 29.7. The molecule has 3 aliphatic rings. The van der Waals surface area contributed by atoms with Gasteiger partial charge in [0.05, 0.1) is 19.3 Å². The monoisotopic (exact) mass is 861 g/mol. The van der Waals surface area contributed by atoms with Crippen LogP contribution in [0, 0.1) is 5.92 Å². The summed E-state index contributed by atoms with van der Waals surface area (Å²) in [6.45, 7) is 4.54. The minimum absolute atomic E-state index is 0.126. The molecule has 5 rings (SSSR count). The van der Waals surface area contributed by atoms with Gasteiger partial charge in [-0.2, -0.15) is 0 Å². The highest BCUT2D eigenvalue weighted by molar-refractivity contribution is 6.62. The van der Waals surface area contributed by atoms with E-state index in [-0.39, 0.29) is 63.2 Å². The number of nitrogens with zero attached hydrogens (tertiary/aromatic N) is 1. The Morgan fingerprint density at radius 2 is 1.44 bits per heavy atom. The lowest BCUT2D eigenvalue weighted by Gasteiger charge is -2.29. The van der Waals surface area contributed by atoms with Crippen LogP contribution < -0.4 is 32.2 Å². The third kappa shape index (κ3) is 12.7. The first-order valence-corrected chi connectivity index (χ1v) is 21.4. The largest absolute Gasteiger partial charge is 0.491 e. The van der Waals surface area contributed by atoms with E-state index in [9.17, 15) is 53.8 Å². The summed E-state index contributed by atoms with van der Waals surface area (Å²) in [5, 5.41) is 50.0. The number of unbranched alkanes of at least 4 members (excludes halogenated alkanes) is 2. The first-order valence-electron chi connectivity index (χ1n) is 21.4. The number of aliphatic hydroxyl groups is 1. The first kappa shape index (κ1) is 47.9. The van der Waals surface area contributed by atoms with Crippen LogP contribution in [0.5, 0.6) is 0 Å². The van der Waals surface area contributed by atoms with Crippen LogP contribution in [0.3, 0.4) is 0 Å². The van der Waals surface area contributed by atoms with Crippen LogP contribution in [0.25, 0.3) is 0 Å². The fourth-order valence-corrected chi connectivity index (χ4v) is 7.96. The van der Waals surface area contributed by atoms with Crippen LogP contribution in [0.4, 0.5) is 0 Å². The summed E-state index contributed by atoms with van der Waals surface area (Å²) in [7, 11) is -2.20. The van der Waals surface area contributed by atoms with E-state index in [0.29, 0.717) is 80.0 Å². The number of amides is 5. The van der Waals surface area contributed by atoms with Crippen LogP contribution in [0.1, 0.15) is 116 Å². The van der Waals surface area contributed by atoms with Gasteiger partial charge in [0, 0.05) is 49.5 Å². The van der Waals surface area contributed by atoms with Crippen molar-refractivity contribution in [3.63, 3.8) is 0 Å². The zero-order valence-electron chi connectivity index (χ0n) is 35.2. The number of aliphatic hydroxyl groups excluding tert-OH is 1. The maximum atomic E-state index is 13.5. The average molecular weight is 862 g/mol. The number of hydrogen-bond acceptors (Lipinski definition) is 12. The number of carboxylic acid groups (broad SMARTS) is 1. The molecule has 62 heavy (non-hydrogen) atoms. The quantitative estimate of drug-likeness (QED) is 0.0396. The van der Waals surface area contributed by atoms with E-state index in [0.717, 1.165) is 11.1 Å². The summed E-state index contributed by atoms with van der Waals surface area (Å²) in [6.07, 6.45) is 2.59. The van der Waals surface area contributed by atoms with Crippen molar-refractivity contribution in [2.75, 3.05) is 19.6 Å². The summed E-state index contributed by atoms with van der Waals surface area (Å²) in [4.78, 5) is 91.9. The molecule has 0 saturated carbocycles. The molecule has 20 heteroatoms. The number of benzene rings is 2. The highest BCUT2D eigenvalue weighted by Gasteiger charge is 2.39. The van der Waals surface area contributed by atoms with Gasteiger partial charge < -0.3 is 55.7 Å². The second-order valence-corrected chi connectivity index (χ2v) is 16.1. The Morgan fingerprint density at radius 3 is 2.06 bits per heavy atom. The Bertz CT molecular complexity index is 1970. The number of carbonyl (C=O) groups is 7. The Labute approximate surface area is 361 Å². The fraction of sp³-hybridized carbons (Fsp3) is 0.548. The van der Waals surface area contributed by atoms with Crippen LogP contribution in [0.2, 0.25) is 0 Å². The van der Waals surface area contributed by atoms with Crippen LogP contribution in [-0.2, 0) is 46.5 Å². The minimum atomic E-state index is -1.50. The summed E-state index contributed by atoms with van der Waals surface area (Å²) >= 11 is 0. The molecule has 0 bridgehead atoms. The molecule has 18 nitrogen and oxygen atoms in total. The van der Waals surface area contributed by atoms with Gasteiger partial charge in [0.15, 0.2) is 11.8 Å². The Morgan fingerprint density at radius 1 is 0.823 bits per heavy atom. The van der Waals surface area contributed by atoms with E-state index in [4.69, 9.17) is 9.31 Å². The number of nitrogens with one attached hydrogen (secondary N) is 4. The molecule has 2 aromatic rings. The molecule has 0 aliphatic carbocycles. The number of ketones is 1. The number of likely N-dealkylation sites (tertiary alicyclic amines) is 1. The normalized spacial score (nSPS) is 17.4. The summed E-state index contributed by atoms with van der Waals surface area (Å²) in [6, 6.07) is 6.61. The number of Topliss-reactive ketones (excluding diaryl/α,β-unsaturated/α-hetero) is 1. The van der Waals surface area contributed by atoms with Gasteiger partial charge in [0.1, 0.15) is 12.1 Å². The van der Waals surface area contributed by atoms with Crippen LogP contribution >= 0.6 is 0 Å². The van der Waals surface area contributed by atoms with E-state index < -0.39 is 68.1 Å². The predicted molar refractivity (Wildman–Crippen MR) is 226 cm³/mol. The molecular weight excluding hydrogens is 804 g/mol. The van der Waals surface area contributed by atoms with Crippen molar-refractivity contribution in [1.82, 2.24) is 26.2 Å². The van der Waals surface area contributed by atoms with Gasteiger partial charge in [-0.25, -0.2) is 4.79 Å². The van der Waals surface area contributed by atoms with Crippen molar-refractivity contribution in [1.29, 1.82) is 0 Å². The zero-order chi connectivity index (χ0) is 44.9. The molecular formula is C42H57B2N5O13. The van der Waals surface area contributed by atoms with Crippen LogP contribution in [0.15, 0.2) is 36.4 Å². The molecule has 5 atom stereocenters. The third-order valence-electron chi connectivity index (χ3n) is 11.6. The zero-order valence-corrected chi connectivity index (χ0v) is 35.2. The maximum Gasteiger partial charge on any atom is 0.491 e. The van der Waals surface area contributed by atoms with Crippen LogP contribution in [-0.4, -0.2) is 125 Å². The molecule has 0 aromatic heterocycles. The molecule has 3 heterocycles. The van der Waals surface area contributed by atoms with Crippen molar-refractivity contribution < 1.29 is 63.1 Å². The van der Waals surface area contributed by atoms with Crippen molar-refractivity contribution in [2.24, 2.45) is 5.92 Å². The van der Waals surface area contributed by atoms with Crippen molar-refractivity contribution >= 4 is 66.5 Å². The summed E-state index contributed by atoms with van der Waals surface area (Å²) in [5.74, 6) is -4.17. The molecule has 0 spiro atoms. The lowest BCUT2D eigenvalue weighted by Crippen LogP contribution is -2.54. The molecule has 3 aliphatic heterocycles. The number of fused-ring (bicyclic) bond motifs is 2. The Kier molecular flexibility index (Phi) is 17.6. The highest BCUT2D eigenvalue weighted by Crippen LogP contribution is 2.24. The predicted octanol–water partition coefficient (Wildman–Crippen LogP) is -0.576. The number of carbonyl (C=O) groups excluding carboxylic acids is 6. The summed E-state index contributed by atoms with van der Waals surface area (Å²) in [5.41, 5.74) is 3.36. The molecule has 334 valence electrons. The number of aliphatic carboxylic acids is 1. The fourth-order valence-electron chi connectivity index (χ4n) is 7.96. The topological polar surface area (TPSA) is 270 Å². The smallest absolute Gasteiger partial charge is 0.480 e. The van der Waals surface area contributed by atoms with Gasteiger partial charge >= 0.3 is 20.2 Å². The molecule has 0 unspecified atom stereocenters. The Balaban J connectivity index is 1.10. The van der Waals surface area contributed by atoms with E-state index in [2.05, 4.69) is 21.3 Å². The van der Waals surface area contributed by atoms with E-state index in [1.54, 1.807) is 36.4 Å². The minimum Gasteiger partial charge on any atom is -0.480 e. The standard InChI is InChI=1S/C42H57B2N5O13/c1-3-26(41(56)49-20-8-11-34(49)40(55)48-37(25(2)50)42(57)58)9-4-6-19-46-39(54)33(10-5-7-18-45-38(53)28-13-15-30-24-62-44(60)32(30)22-28)47-36(52)17-16-35(51)27-12-14-29-23-61-43(59)31(29)21-27/h12-15,21-22,25-26,33-34,37,50,59-60H,3-11,16-20,23-24H2,1-2H3,(H,45,53)(H,46,54)(H,47,52)(H,48,55)(H,57,58)/t25-,26+,33+,34+,37+/m1/s1. The van der Waals surface area contributed by atoms with Gasteiger partial charge in [-0.3, -0.25) is 28.8 Å².